The Kier molecular flexibility index (Phi) is 9.55. The SMILES string of the molecule is CC(C)(C)OC(=O)N(CCCCCC#Cc1cccc2c1CN(C1CCC(=O)NC1=O)C2=O)[C@H]1CC[C@H](C)CC1. The van der Waals surface area contributed by atoms with Gasteiger partial charge in [-0.2, -0.15) is 0 Å². The van der Waals surface area contributed by atoms with Crippen LogP contribution in [0.2, 0.25) is 0 Å². The molecule has 1 saturated heterocycles. The van der Waals surface area contributed by atoms with Crippen LogP contribution < -0.4 is 5.32 Å². The van der Waals surface area contributed by atoms with Crippen LogP contribution in [0.1, 0.15) is 113 Å². The molecule has 4 rings (SSSR count). The van der Waals surface area contributed by atoms with Crippen LogP contribution in [0, 0.1) is 17.8 Å². The number of fused-ring (bicyclic) bond motifs is 1. The highest BCUT2D eigenvalue weighted by Gasteiger charge is 2.39. The Morgan fingerprint density at radius 3 is 2.52 bits per heavy atom. The topological polar surface area (TPSA) is 96.0 Å². The van der Waals surface area contributed by atoms with Crippen LogP contribution in [0.25, 0.3) is 0 Å². The van der Waals surface area contributed by atoms with Crippen LogP contribution in [0.5, 0.6) is 0 Å². The molecular weight excluding hydrogens is 506 g/mol. The lowest BCUT2D eigenvalue weighted by molar-refractivity contribution is -0.136. The molecule has 0 bridgehead atoms. The summed E-state index contributed by atoms with van der Waals surface area (Å²) in [6, 6.07) is 5.14. The monoisotopic (exact) mass is 549 g/mol. The van der Waals surface area contributed by atoms with Gasteiger partial charge in [0.2, 0.25) is 11.8 Å². The van der Waals surface area contributed by atoms with Gasteiger partial charge in [0.25, 0.3) is 5.91 Å². The van der Waals surface area contributed by atoms with Gasteiger partial charge in [0.05, 0.1) is 0 Å². The van der Waals surface area contributed by atoms with Crippen molar-refractivity contribution in [1.29, 1.82) is 0 Å². The van der Waals surface area contributed by atoms with E-state index in [1.54, 1.807) is 11.0 Å². The van der Waals surface area contributed by atoms with Crippen molar-refractivity contribution in [3.8, 4) is 11.8 Å². The number of ether oxygens (including phenoxy) is 1. The number of amides is 4. The van der Waals surface area contributed by atoms with Crippen LogP contribution in [-0.2, 0) is 20.9 Å². The van der Waals surface area contributed by atoms with Crippen LogP contribution in [0.4, 0.5) is 4.79 Å². The normalized spacial score (nSPS) is 22.8. The molecule has 0 radical (unpaired) electrons. The van der Waals surface area contributed by atoms with Crippen LogP contribution in [0.3, 0.4) is 0 Å². The maximum Gasteiger partial charge on any atom is 0.410 e. The second-order valence-electron chi connectivity index (χ2n) is 12.4. The number of nitrogens with one attached hydrogen (secondary N) is 1. The second kappa shape index (κ2) is 12.9. The summed E-state index contributed by atoms with van der Waals surface area (Å²) in [6.45, 7) is 9.04. The van der Waals surface area contributed by atoms with E-state index >= 15 is 0 Å². The number of hydrogen-bond donors (Lipinski definition) is 1. The fourth-order valence-electron chi connectivity index (χ4n) is 5.83. The van der Waals surface area contributed by atoms with Crippen molar-refractivity contribution in [2.75, 3.05) is 6.54 Å². The van der Waals surface area contributed by atoms with Crippen LogP contribution >= 0.6 is 0 Å². The molecule has 1 saturated carbocycles. The summed E-state index contributed by atoms with van der Waals surface area (Å²) in [7, 11) is 0. The molecule has 1 aliphatic carbocycles. The van der Waals surface area contributed by atoms with Crippen LogP contribution in [0.15, 0.2) is 18.2 Å². The van der Waals surface area contributed by atoms with Gasteiger partial charge < -0.3 is 14.5 Å². The summed E-state index contributed by atoms with van der Waals surface area (Å²) < 4.78 is 5.73. The van der Waals surface area contributed by atoms with E-state index in [2.05, 4.69) is 24.1 Å². The molecular formula is C32H43N3O5. The van der Waals surface area contributed by atoms with E-state index in [-0.39, 0.29) is 30.4 Å². The van der Waals surface area contributed by atoms with Crippen LogP contribution in [-0.4, -0.2) is 57.8 Å². The van der Waals surface area contributed by atoms with E-state index in [0.29, 0.717) is 25.1 Å². The molecule has 2 fully saturated rings. The van der Waals surface area contributed by atoms with Crippen molar-refractivity contribution in [3.63, 3.8) is 0 Å². The highest BCUT2D eigenvalue weighted by Crippen LogP contribution is 2.30. The van der Waals surface area contributed by atoms with Crippen molar-refractivity contribution < 1.29 is 23.9 Å². The predicted molar refractivity (Wildman–Crippen MR) is 152 cm³/mol. The van der Waals surface area contributed by atoms with Gasteiger partial charge >= 0.3 is 6.09 Å². The quantitative estimate of drug-likeness (QED) is 0.287. The number of unbranched alkanes of at least 4 members (excludes halogenated alkanes) is 3. The minimum absolute atomic E-state index is 0.185. The zero-order valence-electron chi connectivity index (χ0n) is 24.4. The van der Waals surface area contributed by atoms with Gasteiger partial charge in [0, 0.05) is 43.1 Å². The first kappa shape index (κ1) is 29.6. The largest absolute Gasteiger partial charge is 0.444 e. The molecule has 40 heavy (non-hydrogen) atoms. The van der Waals surface area contributed by atoms with E-state index in [9.17, 15) is 19.2 Å². The average molecular weight is 550 g/mol. The van der Waals surface area contributed by atoms with Gasteiger partial charge in [-0.15, -0.1) is 0 Å². The molecule has 8 heteroatoms. The van der Waals surface area contributed by atoms with Gasteiger partial charge in [-0.05, 0) is 89.3 Å². The van der Waals surface area contributed by atoms with Gasteiger partial charge in [-0.1, -0.05) is 31.3 Å². The number of nitrogens with zero attached hydrogens (tertiary/aromatic N) is 2. The molecule has 1 unspecified atom stereocenters. The average Bonchev–Trinajstić information content (AvgIpc) is 3.22. The number of piperidine rings is 1. The third-order valence-corrected chi connectivity index (χ3v) is 8.06. The molecule has 1 atom stereocenters. The van der Waals surface area contributed by atoms with Gasteiger partial charge in [0.1, 0.15) is 11.6 Å². The zero-order valence-corrected chi connectivity index (χ0v) is 24.4. The predicted octanol–water partition coefficient (Wildman–Crippen LogP) is 5.18. The lowest BCUT2D eigenvalue weighted by Crippen LogP contribution is -2.52. The standard InChI is InChI=1S/C32H43N3O5/c1-22-14-16-24(17-15-22)34(31(39)40-32(2,3)4)20-9-7-5-6-8-11-23-12-10-13-25-26(23)21-35(30(25)38)27-18-19-28(36)33-29(27)37/h10,12-13,22,24,27H,5-7,9,14-21H2,1-4H3,(H,33,36,37)/t22-,24-,27?. The third-order valence-electron chi connectivity index (χ3n) is 8.06. The Hall–Kier alpha value is -3.34. The molecule has 1 N–H and O–H groups in total. The van der Waals surface area contributed by atoms with Crippen molar-refractivity contribution in [3.05, 3.63) is 34.9 Å². The Bertz CT molecular complexity index is 1180. The fraction of sp³-hybridized carbons (Fsp3) is 0.625. The van der Waals surface area contributed by atoms with E-state index < -0.39 is 17.6 Å². The summed E-state index contributed by atoms with van der Waals surface area (Å²) in [5.41, 5.74) is 1.73. The Morgan fingerprint density at radius 1 is 1.07 bits per heavy atom. The molecule has 2 heterocycles. The third kappa shape index (κ3) is 7.44. The molecule has 1 aromatic rings. The fourth-order valence-corrected chi connectivity index (χ4v) is 5.83. The van der Waals surface area contributed by atoms with Gasteiger partial charge in [-0.3, -0.25) is 19.7 Å². The van der Waals surface area contributed by atoms with Gasteiger partial charge in [-0.25, -0.2) is 4.79 Å². The van der Waals surface area contributed by atoms with E-state index in [1.807, 2.05) is 37.8 Å². The van der Waals surface area contributed by atoms with Crippen molar-refractivity contribution in [2.45, 2.75) is 116 Å². The summed E-state index contributed by atoms with van der Waals surface area (Å²) in [5, 5.41) is 2.34. The first-order valence-electron chi connectivity index (χ1n) is 14.8. The molecule has 1 aromatic carbocycles. The van der Waals surface area contributed by atoms with E-state index in [0.717, 1.165) is 68.4 Å². The maximum absolute atomic E-state index is 13.0. The number of carbonyl (C=O) groups is 4. The Labute approximate surface area is 238 Å². The lowest BCUT2D eigenvalue weighted by atomic mass is 9.86. The maximum atomic E-state index is 13.0. The zero-order chi connectivity index (χ0) is 28.9. The Morgan fingerprint density at radius 2 is 1.82 bits per heavy atom. The number of carbonyl (C=O) groups excluding carboxylic acids is 4. The van der Waals surface area contributed by atoms with Crippen molar-refractivity contribution in [1.82, 2.24) is 15.1 Å². The Balaban J connectivity index is 1.28. The molecule has 216 valence electrons. The molecule has 0 aromatic heterocycles. The minimum Gasteiger partial charge on any atom is -0.444 e. The molecule has 3 aliphatic rings. The molecule has 2 aliphatic heterocycles. The minimum atomic E-state index is -0.629. The first-order chi connectivity index (χ1) is 19.0. The van der Waals surface area contributed by atoms with E-state index in [4.69, 9.17) is 4.74 Å². The summed E-state index contributed by atoms with van der Waals surface area (Å²) in [6.07, 6.45) is 8.28. The van der Waals surface area contributed by atoms with E-state index in [1.165, 1.54) is 0 Å². The number of imide groups is 1. The molecule has 0 spiro atoms. The molecule has 4 amide bonds. The lowest BCUT2D eigenvalue weighted by Gasteiger charge is -2.37. The first-order valence-corrected chi connectivity index (χ1v) is 14.8. The highest BCUT2D eigenvalue weighted by atomic mass is 16.6. The van der Waals surface area contributed by atoms with Crippen molar-refractivity contribution in [2.24, 2.45) is 5.92 Å². The summed E-state index contributed by atoms with van der Waals surface area (Å²) in [5.74, 6) is 6.33. The smallest absolute Gasteiger partial charge is 0.410 e. The highest BCUT2D eigenvalue weighted by molar-refractivity contribution is 6.05. The van der Waals surface area contributed by atoms with Gasteiger partial charge in [0.15, 0.2) is 0 Å². The number of benzene rings is 1. The number of hydrogen-bond acceptors (Lipinski definition) is 5. The second-order valence-corrected chi connectivity index (χ2v) is 12.4. The molecule has 8 nitrogen and oxygen atoms in total. The number of rotatable bonds is 7. The summed E-state index contributed by atoms with van der Waals surface area (Å²) >= 11 is 0. The summed E-state index contributed by atoms with van der Waals surface area (Å²) in [4.78, 5) is 53.3. The van der Waals surface area contributed by atoms with Crippen molar-refractivity contribution >= 4 is 23.8 Å².